The van der Waals surface area contributed by atoms with Crippen LogP contribution in [0, 0.1) is 28.1 Å². The van der Waals surface area contributed by atoms with E-state index in [-0.39, 0.29) is 18.8 Å². The lowest BCUT2D eigenvalue weighted by atomic mass is 9.41. The molecule has 4 aliphatic carbocycles. The van der Waals surface area contributed by atoms with E-state index in [1.807, 2.05) is 0 Å². The highest BCUT2D eigenvalue weighted by Crippen LogP contribution is 2.74. The lowest BCUT2D eigenvalue weighted by molar-refractivity contribution is -0.415. The zero-order valence-electron chi connectivity index (χ0n) is 48.9. The summed E-state index contributed by atoms with van der Waals surface area (Å²) in [5.41, 5.74) is -3.26. The van der Waals surface area contributed by atoms with Gasteiger partial charge in [-0.25, -0.2) is 0 Å². The van der Waals surface area contributed by atoms with Crippen LogP contribution in [-0.2, 0) is 66.4 Å². The molecule has 89 heavy (non-hydrogen) atoms. The van der Waals surface area contributed by atoms with Crippen molar-refractivity contribution < 1.29 is 163 Å². The van der Waals surface area contributed by atoms with Crippen LogP contribution in [0.15, 0.2) is 12.2 Å². The fourth-order valence-corrected chi connectivity index (χ4v) is 16.3. The molecule has 6 saturated heterocycles. The summed E-state index contributed by atoms with van der Waals surface area (Å²) in [4.78, 5) is 28.6. The van der Waals surface area contributed by atoms with Gasteiger partial charge >= 0.3 is 5.97 Å². The van der Waals surface area contributed by atoms with E-state index in [9.17, 15) is 107 Å². The van der Waals surface area contributed by atoms with Crippen molar-refractivity contribution in [3.05, 3.63) is 12.2 Å². The van der Waals surface area contributed by atoms with Gasteiger partial charge in [0, 0.05) is 0 Å². The van der Waals surface area contributed by atoms with E-state index in [2.05, 4.69) is 13.5 Å². The number of ether oxygens (including phenoxy) is 12. The van der Waals surface area contributed by atoms with Gasteiger partial charge in [0.15, 0.2) is 31.5 Å². The third-order valence-corrected chi connectivity index (χ3v) is 21.2. The van der Waals surface area contributed by atoms with Gasteiger partial charge in [0.1, 0.15) is 140 Å². The van der Waals surface area contributed by atoms with Crippen LogP contribution in [0.4, 0.5) is 0 Å². The zero-order chi connectivity index (χ0) is 64.7. The average molecular weight is 1290 g/mol. The van der Waals surface area contributed by atoms with Gasteiger partial charge in [-0.2, -0.15) is 0 Å². The molecule has 33 heteroatoms. The lowest BCUT2D eigenvalue weighted by Gasteiger charge is -2.64. The minimum Gasteiger partial charge on any atom is -0.427 e. The summed E-state index contributed by atoms with van der Waals surface area (Å²) in [6, 6.07) is 0. The van der Waals surface area contributed by atoms with Crippen LogP contribution in [0.5, 0.6) is 0 Å². The largest absolute Gasteiger partial charge is 0.427 e. The fourth-order valence-electron chi connectivity index (χ4n) is 16.3. The van der Waals surface area contributed by atoms with E-state index in [0.29, 0.717) is 50.5 Å². The summed E-state index contributed by atoms with van der Waals surface area (Å²) in [5, 5.41) is 203. The molecule has 2 bridgehead atoms. The molecule has 4 saturated carbocycles. The van der Waals surface area contributed by atoms with Crippen LogP contribution < -0.4 is 0 Å². The minimum absolute atomic E-state index is 0.150. The van der Waals surface area contributed by atoms with Gasteiger partial charge in [0.25, 0.3) is 6.29 Å². The van der Waals surface area contributed by atoms with Gasteiger partial charge < -0.3 is 154 Å². The average Bonchev–Trinajstić information content (AvgIpc) is 1.62. The van der Waals surface area contributed by atoms with Crippen molar-refractivity contribution in [3.8, 4) is 0 Å². The SMILES string of the molecule is C=C1C[C@@]23CC[C@@H]4C(C)(C(=O)OC5OC(CO)C(OC6OC(CO)C(O)C(O)C6O)C(O)C5=O)CCC[C@@]4(C)[C@@H]2CC[C@]1(OC1OC(CO)C(OC2OC(CO)C(O)C(O)C2O)C(OC2OC(CO)C(O)C(O)C2O)C1OC1OC(CO)C(O)C(O)C1O)C3. The Kier molecular flexibility index (Phi) is 21.1. The van der Waals surface area contributed by atoms with Crippen LogP contribution in [0.1, 0.15) is 71.6 Å². The maximum absolute atomic E-state index is 14.8. The molecule has 19 N–H and O–H groups in total. The van der Waals surface area contributed by atoms with Crippen molar-refractivity contribution in [2.24, 2.45) is 28.1 Å². The van der Waals surface area contributed by atoms with E-state index in [1.54, 1.807) is 6.92 Å². The van der Waals surface area contributed by atoms with Gasteiger partial charge in [-0.1, -0.05) is 19.9 Å². The predicted octanol–water partition coefficient (Wildman–Crippen LogP) is -9.26. The number of esters is 1. The van der Waals surface area contributed by atoms with E-state index in [1.165, 1.54) is 0 Å². The summed E-state index contributed by atoms with van der Waals surface area (Å²) in [7, 11) is 0. The van der Waals surface area contributed by atoms with Crippen molar-refractivity contribution in [3.63, 3.8) is 0 Å². The van der Waals surface area contributed by atoms with Crippen molar-refractivity contribution in [1.82, 2.24) is 0 Å². The van der Waals surface area contributed by atoms with Crippen molar-refractivity contribution >= 4 is 11.8 Å². The van der Waals surface area contributed by atoms with Gasteiger partial charge in [-0.15, -0.1) is 0 Å². The number of aliphatic hydroxyl groups excluding tert-OH is 19. The molecule has 35 atom stereocenters. The standard InChI is InChI=1S/C56H88O33/c1-19-11-55-9-5-26-53(2,7-4-8-54(26,3)52(77)88-50-41(76)36(71)42(24(16-61)82-50)84-46-37(72)32(67)28(63)20(12-57)78-46)27(55)6-10-56(19,18-55)89-51-45(87-49-40(75)35(70)31(66)23(15-60)81-49)44(86-48-39(74)34(69)30(65)22(14-59)80-48)43(25(17-62)83-51)85-47-38(73)33(68)29(64)21(13-58)79-47/h20-40,42-51,57-75H,1,4-18H2,2-3H3/t20?,21?,22?,23?,24?,25?,26-,27-,28?,29?,30?,31?,32?,33?,34?,35?,36?,37?,38?,39?,40?,42?,43?,44?,45?,46?,47?,48?,49?,50?,51?,53+,54?,55+,56-/m0/s1. The highest BCUT2D eigenvalue weighted by Gasteiger charge is 2.70. The van der Waals surface area contributed by atoms with Crippen LogP contribution in [0.25, 0.3) is 0 Å². The maximum atomic E-state index is 14.8. The third kappa shape index (κ3) is 12.2. The summed E-state index contributed by atoms with van der Waals surface area (Å²) in [5.74, 6) is -2.54. The molecule has 510 valence electrons. The molecular formula is C56H88O33. The number of hydrogen-bond acceptors (Lipinski definition) is 33. The number of hydrogen-bond donors (Lipinski definition) is 19. The van der Waals surface area contributed by atoms with Gasteiger partial charge in [0.05, 0.1) is 50.7 Å². The number of carbonyl (C=O) groups excluding carboxylic acids is 2. The lowest BCUT2D eigenvalue weighted by Crippen LogP contribution is -2.69. The van der Waals surface area contributed by atoms with Crippen LogP contribution in [-0.4, -0.2) is 332 Å². The Morgan fingerprint density at radius 3 is 1.34 bits per heavy atom. The number of aliphatic hydroxyl groups is 19. The first-order valence-electron chi connectivity index (χ1n) is 30.3. The summed E-state index contributed by atoms with van der Waals surface area (Å²) >= 11 is 0. The molecule has 0 aromatic heterocycles. The molecule has 10 aliphatic rings. The van der Waals surface area contributed by atoms with Crippen LogP contribution in [0.2, 0.25) is 0 Å². The molecule has 30 unspecified atom stereocenters. The first-order valence-corrected chi connectivity index (χ1v) is 30.3. The second kappa shape index (κ2) is 27.1. The molecule has 0 radical (unpaired) electrons. The Hall–Kier alpha value is -2.32. The van der Waals surface area contributed by atoms with Crippen molar-refractivity contribution in [2.75, 3.05) is 39.6 Å². The zero-order valence-corrected chi connectivity index (χ0v) is 48.9. The molecule has 0 amide bonds. The molecule has 33 nitrogen and oxygen atoms in total. The topological polar surface area (TPSA) is 529 Å². The second-order valence-electron chi connectivity index (χ2n) is 26.2. The molecule has 10 rings (SSSR count). The minimum atomic E-state index is -2.14. The van der Waals surface area contributed by atoms with Crippen molar-refractivity contribution in [1.29, 1.82) is 0 Å². The van der Waals surface area contributed by atoms with Gasteiger partial charge in [-0.3, -0.25) is 9.59 Å². The summed E-state index contributed by atoms with van der Waals surface area (Å²) < 4.78 is 72.7. The molecule has 6 aliphatic heterocycles. The summed E-state index contributed by atoms with van der Waals surface area (Å²) in [6.45, 7) is 2.90. The smallest absolute Gasteiger partial charge is 0.314 e. The first kappa shape index (κ1) is 69.5. The van der Waals surface area contributed by atoms with E-state index < -0.39 is 257 Å². The number of rotatable bonds is 18. The van der Waals surface area contributed by atoms with E-state index in [4.69, 9.17) is 56.8 Å². The Balaban J connectivity index is 0.923. The van der Waals surface area contributed by atoms with E-state index >= 15 is 0 Å². The predicted molar refractivity (Wildman–Crippen MR) is 283 cm³/mol. The van der Waals surface area contributed by atoms with Crippen molar-refractivity contribution in [2.45, 2.75) is 255 Å². The maximum Gasteiger partial charge on any atom is 0.314 e. The number of ketones is 1. The highest BCUT2D eigenvalue weighted by molar-refractivity contribution is 5.90. The number of carbonyl (C=O) groups is 2. The molecular weight excluding hydrogens is 1200 g/mol. The Morgan fingerprint density at radius 1 is 0.472 bits per heavy atom. The molecule has 0 aromatic carbocycles. The second-order valence-corrected chi connectivity index (χ2v) is 26.2. The Labute approximate surface area is 509 Å². The number of fused-ring (bicyclic) bond motifs is 3. The molecule has 1 spiro atoms. The van der Waals surface area contributed by atoms with Gasteiger partial charge in [0.2, 0.25) is 5.78 Å². The van der Waals surface area contributed by atoms with Crippen LogP contribution in [0.3, 0.4) is 0 Å². The monoisotopic (exact) mass is 1290 g/mol. The third-order valence-electron chi connectivity index (χ3n) is 21.2. The highest BCUT2D eigenvalue weighted by atomic mass is 16.8. The Bertz CT molecular complexity index is 2440. The van der Waals surface area contributed by atoms with Gasteiger partial charge in [-0.05, 0) is 86.5 Å². The first-order chi connectivity index (χ1) is 42.1. The molecule has 0 aromatic rings. The Morgan fingerprint density at radius 2 is 0.876 bits per heavy atom. The summed E-state index contributed by atoms with van der Waals surface area (Å²) in [6.07, 6.45) is -50.9. The quantitative estimate of drug-likeness (QED) is 0.0344. The molecule has 10 fully saturated rings. The number of Topliss-reactive ketones (excluding diaryl/α,β-unsaturated/α-hetero) is 1. The van der Waals surface area contributed by atoms with E-state index in [0.717, 1.165) is 0 Å². The normalized spacial score (nSPS) is 53.7. The van der Waals surface area contributed by atoms with Crippen LogP contribution >= 0.6 is 0 Å². The fraction of sp³-hybridized carbons (Fsp3) is 0.929. The molecule has 6 heterocycles.